The lowest BCUT2D eigenvalue weighted by molar-refractivity contribution is 0.122. The third-order valence-corrected chi connectivity index (χ3v) is 5.41. The van der Waals surface area contributed by atoms with Gasteiger partial charge in [0.15, 0.2) is 0 Å². The van der Waals surface area contributed by atoms with E-state index >= 15 is 0 Å². The van der Waals surface area contributed by atoms with Crippen LogP contribution in [-0.2, 0) is 11.3 Å². The van der Waals surface area contributed by atoms with Gasteiger partial charge in [0.2, 0.25) is 5.95 Å². The number of rotatable bonds is 5. The molecule has 2 aliphatic heterocycles. The van der Waals surface area contributed by atoms with Crippen LogP contribution in [-0.4, -0.2) is 62.5 Å². The first-order valence-electron chi connectivity index (χ1n) is 9.43. The molecule has 3 heterocycles. The van der Waals surface area contributed by atoms with Crippen LogP contribution in [0.4, 0.5) is 17.5 Å². The maximum absolute atomic E-state index is 5.49. The molecule has 8 heteroatoms. The summed E-state index contributed by atoms with van der Waals surface area (Å²) in [5.41, 5.74) is 2.47. The molecule has 2 saturated heterocycles. The molecular weight excluding hydrogens is 408 g/mol. The van der Waals surface area contributed by atoms with Gasteiger partial charge < -0.3 is 25.2 Å². The summed E-state index contributed by atoms with van der Waals surface area (Å²) in [4.78, 5) is 13.8. The van der Waals surface area contributed by atoms with Crippen LogP contribution >= 0.6 is 15.9 Å². The Kier molecular flexibility index (Phi) is 6.06. The van der Waals surface area contributed by atoms with Crippen molar-refractivity contribution < 1.29 is 4.74 Å². The number of piperazine rings is 1. The van der Waals surface area contributed by atoms with Gasteiger partial charge in [0, 0.05) is 62.2 Å². The molecule has 27 heavy (non-hydrogen) atoms. The molecule has 2 aromatic rings. The van der Waals surface area contributed by atoms with Crippen molar-refractivity contribution in [2.24, 2.45) is 0 Å². The Balaban J connectivity index is 1.47. The summed E-state index contributed by atoms with van der Waals surface area (Å²) in [6, 6.07) is 8.40. The van der Waals surface area contributed by atoms with E-state index in [0.29, 0.717) is 12.5 Å². The Morgan fingerprint density at radius 2 is 1.89 bits per heavy atom. The molecule has 1 aromatic carbocycles. The van der Waals surface area contributed by atoms with E-state index < -0.39 is 0 Å². The summed E-state index contributed by atoms with van der Waals surface area (Å²) in [6.45, 7) is 8.00. The predicted molar refractivity (Wildman–Crippen MR) is 112 cm³/mol. The van der Waals surface area contributed by atoms with E-state index in [1.54, 1.807) is 0 Å². The van der Waals surface area contributed by atoms with Crippen molar-refractivity contribution >= 4 is 33.4 Å². The molecule has 0 bridgehead atoms. The Morgan fingerprint density at radius 3 is 2.70 bits per heavy atom. The summed E-state index contributed by atoms with van der Waals surface area (Å²) < 4.78 is 6.58. The molecule has 144 valence electrons. The summed E-state index contributed by atoms with van der Waals surface area (Å²) in [5.74, 6) is 1.65. The Bertz CT molecular complexity index is 762. The Morgan fingerprint density at radius 1 is 1.07 bits per heavy atom. The van der Waals surface area contributed by atoms with Crippen molar-refractivity contribution in [2.45, 2.75) is 6.54 Å². The maximum Gasteiger partial charge on any atom is 0.224 e. The summed E-state index contributed by atoms with van der Waals surface area (Å²) in [5, 5.41) is 6.77. The third kappa shape index (κ3) is 4.69. The number of aromatic nitrogens is 2. The number of benzene rings is 1. The van der Waals surface area contributed by atoms with Crippen LogP contribution in [0.15, 0.2) is 34.9 Å². The van der Waals surface area contributed by atoms with Gasteiger partial charge >= 0.3 is 0 Å². The fraction of sp³-hybridized carbons (Fsp3) is 0.474. The Hall–Kier alpha value is -1.90. The highest BCUT2D eigenvalue weighted by atomic mass is 79.9. The fourth-order valence-electron chi connectivity index (χ4n) is 3.46. The number of nitrogens with one attached hydrogen (secondary N) is 2. The van der Waals surface area contributed by atoms with Crippen LogP contribution in [0.25, 0.3) is 0 Å². The molecule has 0 saturated carbocycles. The second-order valence-corrected chi connectivity index (χ2v) is 7.62. The number of ether oxygens (including phenoxy) is 1. The molecule has 0 radical (unpaired) electrons. The van der Waals surface area contributed by atoms with Gasteiger partial charge in [0.1, 0.15) is 5.82 Å². The summed E-state index contributed by atoms with van der Waals surface area (Å²) in [6.07, 6.45) is 1.83. The van der Waals surface area contributed by atoms with Crippen LogP contribution in [0.3, 0.4) is 0 Å². The van der Waals surface area contributed by atoms with Crippen LogP contribution in [0, 0.1) is 0 Å². The van der Waals surface area contributed by atoms with Crippen LogP contribution in [0.5, 0.6) is 0 Å². The molecular formula is C19H25BrN6O. The lowest BCUT2D eigenvalue weighted by atomic mass is 10.1. The van der Waals surface area contributed by atoms with E-state index in [0.717, 1.165) is 62.8 Å². The number of morpholine rings is 1. The minimum atomic E-state index is 0.668. The molecule has 0 amide bonds. The van der Waals surface area contributed by atoms with E-state index in [2.05, 4.69) is 59.5 Å². The smallest absolute Gasteiger partial charge is 0.224 e. The molecule has 0 spiro atoms. The van der Waals surface area contributed by atoms with Crippen LogP contribution in [0.1, 0.15) is 5.56 Å². The second-order valence-electron chi connectivity index (χ2n) is 6.70. The van der Waals surface area contributed by atoms with Crippen molar-refractivity contribution in [1.82, 2.24) is 15.3 Å². The average Bonchev–Trinajstić information content (AvgIpc) is 2.74. The standard InChI is InChI=1S/C19H25BrN6O/c20-16-2-1-15(17(13-16)25-9-11-27-12-10-25)14-23-19-22-4-3-18(24-19)26-7-5-21-6-8-26/h1-4,13,21H,5-12,14H2,(H,22,23,24). The molecule has 1 aromatic heterocycles. The number of nitrogens with zero attached hydrogens (tertiary/aromatic N) is 4. The Labute approximate surface area is 168 Å². The first kappa shape index (κ1) is 18.5. The van der Waals surface area contributed by atoms with Crippen molar-refractivity contribution in [1.29, 1.82) is 0 Å². The van der Waals surface area contributed by atoms with Crippen molar-refractivity contribution in [2.75, 3.05) is 67.6 Å². The average molecular weight is 433 g/mol. The van der Waals surface area contributed by atoms with Crippen molar-refractivity contribution in [3.8, 4) is 0 Å². The summed E-state index contributed by atoms with van der Waals surface area (Å²) >= 11 is 3.60. The quantitative estimate of drug-likeness (QED) is 0.749. The van der Waals surface area contributed by atoms with Gasteiger partial charge in [-0.15, -0.1) is 0 Å². The predicted octanol–water partition coefficient (Wildman–Crippen LogP) is 2.10. The molecule has 4 rings (SSSR count). The number of anilines is 3. The molecule has 0 atom stereocenters. The van der Waals surface area contributed by atoms with Crippen molar-refractivity contribution in [3.05, 3.63) is 40.5 Å². The van der Waals surface area contributed by atoms with E-state index in [4.69, 9.17) is 9.72 Å². The number of hydrogen-bond acceptors (Lipinski definition) is 7. The summed E-state index contributed by atoms with van der Waals surface area (Å²) in [7, 11) is 0. The van der Waals surface area contributed by atoms with E-state index in [1.165, 1.54) is 11.3 Å². The molecule has 0 aliphatic carbocycles. The highest BCUT2D eigenvalue weighted by Gasteiger charge is 2.16. The van der Waals surface area contributed by atoms with Gasteiger partial charge in [-0.3, -0.25) is 0 Å². The topological polar surface area (TPSA) is 65.6 Å². The van der Waals surface area contributed by atoms with Gasteiger partial charge in [-0.25, -0.2) is 4.98 Å². The maximum atomic E-state index is 5.49. The SMILES string of the molecule is Brc1ccc(CNc2nccc(N3CCNCC3)n2)c(N2CCOCC2)c1. The number of halogens is 1. The lowest BCUT2D eigenvalue weighted by Crippen LogP contribution is -2.43. The van der Waals surface area contributed by atoms with E-state index in [1.807, 2.05) is 12.3 Å². The highest BCUT2D eigenvalue weighted by molar-refractivity contribution is 9.10. The largest absolute Gasteiger partial charge is 0.378 e. The third-order valence-electron chi connectivity index (χ3n) is 4.92. The first-order chi connectivity index (χ1) is 13.3. The van der Waals surface area contributed by atoms with E-state index in [-0.39, 0.29) is 0 Å². The number of hydrogen-bond donors (Lipinski definition) is 2. The van der Waals surface area contributed by atoms with E-state index in [9.17, 15) is 0 Å². The van der Waals surface area contributed by atoms with Crippen molar-refractivity contribution in [3.63, 3.8) is 0 Å². The van der Waals surface area contributed by atoms with Gasteiger partial charge in [-0.1, -0.05) is 22.0 Å². The molecule has 2 fully saturated rings. The lowest BCUT2D eigenvalue weighted by Gasteiger charge is -2.31. The minimum absolute atomic E-state index is 0.668. The zero-order valence-corrected chi connectivity index (χ0v) is 16.9. The van der Waals surface area contributed by atoms with Crippen LogP contribution < -0.4 is 20.4 Å². The zero-order chi connectivity index (χ0) is 18.5. The van der Waals surface area contributed by atoms with Gasteiger partial charge in [-0.2, -0.15) is 4.98 Å². The fourth-order valence-corrected chi connectivity index (χ4v) is 3.81. The monoisotopic (exact) mass is 432 g/mol. The normalized spacial score (nSPS) is 17.8. The first-order valence-corrected chi connectivity index (χ1v) is 10.2. The zero-order valence-electron chi connectivity index (χ0n) is 15.3. The molecule has 2 aliphatic rings. The second kappa shape index (κ2) is 8.86. The van der Waals surface area contributed by atoms with Gasteiger partial charge in [-0.05, 0) is 23.8 Å². The minimum Gasteiger partial charge on any atom is -0.378 e. The highest BCUT2D eigenvalue weighted by Crippen LogP contribution is 2.27. The molecule has 2 N–H and O–H groups in total. The molecule has 7 nitrogen and oxygen atoms in total. The van der Waals surface area contributed by atoms with Crippen LogP contribution in [0.2, 0.25) is 0 Å². The molecule has 0 unspecified atom stereocenters. The van der Waals surface area contributed by atoms with Gasteiger partial charge in [0.25, 0.3) is 0 Å². The van der Waals surface area contributed by atoms with Gasteiger partial charge in [0.05, 0.1) is 13.2 Å².